The van der Waals surface area contributed by atoms with Crippen molar-refractivity contribution < 1.29 is 9.59 Å². The number of amides is 2. The number of hydrazine groups is 1. The molecular formula is C27H30N6O3. The highest BCUT2D eigenvalue weighted by atomic mass is 16.2. The van der Waals surface area contributed by atoms with Crippen molar-refractivity contribution >= 4 is 22.6 Å². The van der Waals surface area contributed by atoms with E-state index < -0.39 is 11.8 Å². The van der Waals surface area contributed by atoms with Gasteiger partial charge in [-0.3, -0.25) is 25.2 Å². The lowest BCUT2D eigenvalue weighted by Gasteiger charge is -2.12. The molecule has 4 rings (SSSR count). The van der Waals surface area contributed by atoms with Gasteiger partial charge in [0.15, 0.2) is 5.69 Å². The van der Waals surface area contributed by atoms with Crippen LogP contribution in [0.4, 0.5) is 0 Å². The Hall–Kier alpha value is -4.27. The van der Waals surface area contributed by atoms with Crippen molar-refractivity contribution in [2.24, 2.45) is 0 Å². The van der Waals surface area contributed by atoms with Gasteiger partial charge >= 0.3 is 0 Å². The molecule has 0 aliphatic carbocycles. The van der Waals surface area contributed by atoms with E-state index in [9.17, 15) is 14.4 Å². The Morgan fingerprint density at radius 2 is 1.61 bits per heavy atom. The van der Waals surface area contributed by atoms with E-state index in [0.717, 1.165) is 36.2 Å². The van der Waals surface area contributed by atoms with Gasteiger partial charge < -0.3 is 0 Å². The first-order valence-corrected chi connectivity index (χ1v) is 12.2. The summed E-state index contributed by atoms with van der Waals surface area (Å²) in [6.45, 7) is 6.44. The van der Waals surface area contributed by atoms with Gasteiger partial charge in [-0.1, -0.05) is 62.6 Å². The van der Waals surface area contributed by atoms with Crippen LogP contribution < -0.4 is 16.4 Å². The summed E-state index contributed by atoms with van der Waals surface area (Å²) in [6, 6.07) is 14.7. The number of rotatable bonds is 8. The molecule has 0 atom stereocenters. The molecule has 0 saturated carbocycles. The predicted octanol–water partition coefficient (Wildman–Crippen LogP) is 3.72. The van der Waals surface area contributed by atoms with Crippen molar-refractivity contribution in [2.75, 3.05) is 0 Å². The van der Waals surface area contributed by atoms with Crippen molar-refractivity contribution in [3.8, 4) is 5.69 Å². The zero-order valence-corrected chi connectivity index (χ0v) is 20.7. The minimum atomic E-state index is -0.604. The van der Waals surface area contributed by atoms with Crippen LogP contribution in [0.2, 0.25) is 0 Å². The fourth-order valence-corrected chi connectivity index (χ4v) is 4.12. The number of carbonyl (C=O) groups excluding carboxylic acids is 2. The van der Waals surface area contributed by atoms with Crippen LogP contribution >= 0.6 is 0 Å². The fourth-order valence-electron chi connectivity index (χ4n) is 4.12. The van der Waals surface area contributed by atoms with Crippen LogP contribution in [0.1, 0.15) is 65.2 Å². The van der Waals surface area contributed by atoms with Gasteiger partial charge in [0.2, 0.25) is 0 Å². The first kappa shape index (κ1) is 24.8. The highest BCUT2D eigenvalue weighted by molar-refractivity contribution is 6.06. The zero-order chi connectivity index (χ0) is 25.7. The molecule has 0 spiro atoms. The van der Waals surface area contributed by atoms with Crippen LogP contribution in [0.15, 0.2) is 59.5 Å². The summed E-state index contributed by atoms with van der Waals surface area (Å²) in [5.74, 6) is -1.09. The van der Waals surface area contributed by atoms with Crippen LogP contribution in [-0.2, 0) is 13.0 Å². The van der Waals surface area contributed by atoms with Gasteiger partial charge in [-0.05, 0) is 38.0 Å². The molecule has 0 aliphatic rings. The van der Waals surface area contributed by atoms with Gasteiger partial charge in [-0.25, -0.2) is 9.36 Å². The topological polar surface area (TPSA) is 111 Å². The summed E-state index contributed by atoms with van der Waals surface area (Å²) in [5, 5.41) is 9.56. The monoisotopic (exact) mass is 486 g/mol. The molecule has 0 fully saturated rings. The van der Waals surface area contributed by atoms with Gasteiger partial charge in [-0.15, -0.1) is 0 Å². The molecule has 9 nitrogen and oxygen atoms in total. The average Bonchev–Trinajstić information content (AvgIpc) is 3.33. The van der Waals surface area contributed by atoms with E-state index in [1.54, 1.807) is 28.9 Å². The molecule has 0 bridgehead atoms. The molecule has 2 aromatic carbocycles. The van der Waals surface area contributed by atoms with Gasteiger partial charge in [0.05, 0.1) is 28.5 Å². The molecule has 0 aliphatic heterocycles. The summed E-state index contributed by atoms with van der Waals surface area (Å²) in [5.41, 5.74) is 7.83. The number of hydrogen-bond acceptors (Lipinski definition) is 5. The number of unbranched alkanes of at least 4 members (excludes halogenated alkanes) is 2. The largest absolute Gasteiger partial charge is 0.290 e. The van der Waals surface area contributed by atoms with E-state index in [2.05, 4.69) is 28.0 Å². The Morgan fingerprint density at radius 1 is 0.917 bits per heavy atom. The number of fused-ring (bicyclic) bond motifs is 1. The van der Waals surface area contributed by atoms with Crippen molar-refractivity contribution in [3.63, 3.8) is 0 Å². The van der Waals surface area contributed by atoms with E-state index in [1.165, 1.54) is 10.9 Å². The average molecular weight is 487 g/mol. The second-order valence-corrected chi connectivity index (χ2v) is 8.64. The highest BCUT2D eigenvalue weighted by Crippen LogP contribution is 2.17. The van der Waals surface area contributed by atoms with Gasteiger partial charge in [0, 0.05) is 11.9 Å². The molecule has 2 aromatic heterocycles. The van der Waals surface area contributed by atoms with E-state index in [0.29, 0.717) is 29.3 Å². The Bertz CT molecular complexity index is 1450. The molecule has 0 radical (unpaired) electrons. The van der Waals surface area contributed by atoms with Crippen molar-refractivity contribution in [1.29, 1.82) is 0 Å². The number of benzene rings is 2. The van der Waals surface area contributed by atoms with Crippen molar-refractivity contribution in [1.82, 2.24) is 30.4 Å². The smallest absolute Gasteiger partial charge is 0.267 e. The van der Waals surface area contributed by atoms with Crippen molar-refractivity contribution in [3.05, 3.63) is 87.6 Å². The molecule has 4 aromatic rings. The first-order chi connectivity index (χ1) is 17.4. The Labute approximate surface area is 209 Å². The first-order valence-electron chi connectivity index (χ1n) is 12.2. The summed E-state index contributed by atoms with van der Waals surface area (Å²) in [4.78, 5) is 38.9. The van der Waals surface area contributed by atoms with E-state index in [1.807, 2.05) is 38.1 Å². The number of nitrogens with zero attached hydrogens (tertiary/aromatic N) is 4. The highest BCUT2D eigenvalue weighted by Gasteiger charge is 2.20. The van der Waals surface area contributed by atoms with Crippen molar-refractivity contribution in [2.45, 2.75) is 53.0 Å². The molecule has 2 heterocycles. The third kappa shape index (κ3) is 5.05. The normalized spacial score (nSPS) is 11.0. The standard InChI is InChI=1S/C27H30N6O3/c1-4-6-9-16-32-27(36)21-11-8-7-10-20(21)24(31-32)26(35)30-29-25(34)22-17-28-33(23(22)5-2)19-14-12-18(3)13-15-19/h7-8,10-15,17H,4-6,9,16H2,1-3H3,(H,29,34)(H,30,35). The molecule has 186 valence electrons. The maximum atomic E-state index is 13.1. The Morgan fingerprint density at radius 3 is 2.31 bits per heavy atom. The quantitative estimate of drug-likeness (QED) is 0.291. The molecule has 0 saturated heterocycles. The van der Waals surface area contributed by atoms with Gasteiger partial charge in [-0.2, -0.15) is 10.2 Å². The summed E-state index contributed by atoms with van der Waals surface area (Å²) in [7, 11) is 0. The van der Waals surface area contributed by atoms with Crippen LogP contribution in [0, 0.1) is 6.92 Å². The third-order valence-electron chi connectivity index (χ3n) is 6.07. The van der Waals surface area contributed by atoms with Gasteiger partial charge in [0.1, 0.15) is 0 Å². The predicted molar refractivity (Wildman–Crippen MR) is 138 cm³/mol. The van der Waals surface area contributed by atoms with E-state index in [4.69, 9.17) is 0 Å². The fraction of sp³-hybridized carbons (Fsp3) is 0.296. The number of nitrogens with one attached hydrogen (secondary N) is 2. The minimum Gasteiger partial charge on any atom is -0.267 e. The van der Waals surface area contributed by atoms with Gasteiger partial charge in [0.25, 0.3) is 17.4 Å². The number of carbonyl (C=O) groups is 2. The second kappa shape index (κ2) is 11.0. The third-order valence-corrected chi connectivity index (χ3v) is 6.07. The van der Waals surface area contributed by atoms with Crippen LogP contribution in [-0.4, -0.2) is 31.4 Å². The van der Waals surface area contributed by atoms with Crippen LogP contribution in [0.25, 0.3) is 16.5 Å². The SMILES string of the molecule is CCCCCn1nc(C(=O)NNC(=O)c2cnn(-c3ccc(C)cc3)c2CC)c2ccccc2c1=O. The molecular weight excluding hydrogens is 456 g/mol. The summed E-state index contributed by atoms with van der Waals surface area (Å²) < 4.78 is 3.05. The molecule has 36 heavy (non-hydrogen) atoms. The molecule has 9 heteroatoms. The molecule has 2 N–H and O–H groups in total. The van der Waals surface area contributed by atoms with E-state index >= 15 is 0 Å². The Kier molecular flexibility index (Phi) is 7.58. The number of hydrogen-bond donors (Lipinski definition) is 2. The number of aryl methyl sites for hydroxylation is 2. The molecule has 2 amide bonds. The van der Waals surface area contributed by atoms with Crippen LogP contribution in [0.3, 0.4) is 0 Å². The maximum absolute atomic E-state index is 13.1. The van der Waals surface area contributed by atoms with E-state index in [-0.39, 0.29) is 11.3 Å². The lowest BCUT2D eigenvalue weighted by Crippen LogP contribution is -2.43. The Balaban J connectivity index is 1.56. The lowest BCUT2D eigenvalue weighted by atomic mass is 10.1. The number of aromatic nitrogens is 4. The minimum absolute atomic E-state index is 0.0769. The summed E-state index contributed by atoms with van der Waals surface area (Å²) in [6.07, 6.45) is 4.79. The zero-order valence-electron chi connectivity index (χ0n) is 20.7. The summed E-state index contributed by atoms with van der Waals surface area (Å²) >= 11 is 0. The maximum Gasteiger partial charge on any atom is 0.290 e. The lowest BCUT2D eigenvalue weighted by molar-refractivity contribution is 0.0843. The second-order valence-electron chi connectivity index (χ2n) is 8.64. The van der Waals surface area contributed by atoms with Crippen LogP contribution in [0.5, 0.6) is 0 Å². The molecule has 0 unspecified atom stereocenters.